The average Bonchev–Trinajstić information content (AvgIpc) is 1.33. The molecule has 44 valence electrons. The van der Waals surface area contributed by atoms with Crippen LogP contribution in [0, 0.1) is 0 Å². The number of rotatable bonds is 0. The minimum absolute atomic E-state index is 0.250. The third-order valence-electron chi connectivity index (χ3n) is 0. The van der Waals surface area contributed by atoms with Crippen molar-refractivity contribution in [3.8, 4) is 0 Å². The number of carbonyl (C=O) groups is 1. The van der Waals surface area contributed by atoms with Gasteiger partial charge in [-0.1, -0.05) is 0 Å². The summed E-state index contributed by atoms with van der Waals surface area (Å²) in [4.78, 5) is 8.36. The number of hydrogen-bond donors (Lipinski definition) is 4. The first-order valence-electron chi connectivity index (χ1n) is 1.09. The van der Waals surface area contributed by atoms with Crippen molar-refractivity contribution in [2.45, 2.75) is 0 Å². The van der Waals surface area contributed by atoms with Gasteiger partial charge in [-0.25, -0.2) is 0 Å². The Balaban J connectivity index is 0. The van der Waals surface area contributed by atoms with E-state index in [0.717, 1.165) is 0 Å². The van der Waals surface area contributed by atoms with Gasteiger partial charge in [0, 0.05) is 0 Å². The molecule has 4 N–H and O–H groups in total. The first-order chi connectivity index (χ1) is 3.15. The van der Waals surface area contributed by atoms with E-state index in [1.165, 1.54) is 0 Å². The molecule has 0 aliphatic carbocycles. The molecule has 0 atom stereocenters. The summed E-state index contributed by atoms with van der Waals surface area (Å²) in [5.74, 6) is 0. The Bertz CT molecular complexity index is 32.3. The van der Waals surface area contributed by atoms with Crippen LogP contribution in [0.5, 0.6) is 0 Å². The molecular weight excluding hydrogens is 167 g/mol. The summed E-state index contributed by atoms with van der Waals surface area (Å²) in [6.07, 6.45) is 0. The molecule has 0 rings (SSSR count). The van der Waals surface area contributed by atoms with Gasteiger partial charge >= 0.3 is 28.0 Å². The van der Waals surface area contributed by atoms with E-state index in [0.29, 0.717) is 0 Å². The van der Waals surface area contributed by atoms with E-state index in [1.807, 2.05) is 0 Å². The van der Waals surface area contributed by atoms with E-state index in [4.69, 9.17) is 22.2 Å². The molecule has 0 aromatic heterocycles. The van der Waals surface area contributed by atoms with Crippen molar-refractivity contribution in [3.05, 3.63) is 0 Å². The van der Waals surface area contributed by atoms with Crippen LogP contribution in [0.25, 0.3) is 0 Å². The minimum atomic E-state index is -3.19. The Morgan fingerprint density at radius 2 is 1.29 bits per heavy atom. The number of carboxylic acid groups (broad SMARTS) is 1. The van der Waals surface area contributed by atoms with Gasteiger partial charge in [-0.05, 0) is 0 Å². The van der Waals surface area contributed by atoms with E-state index in [9.17, 15) is 0 Å². The summed E-state index contributed by atoms with van der Waals surface area (Å²) >= 11 is -3.19. The van der Waals surface area contributed by atoms with Gasteiger partial charge in [-0.2, -0.15) is 0 Å². The van der Waals surface area contributed by atoms with Crippen LogP contribution in [0.2, 0.25) is 0 Å². The molecule has 0 saturated carbocycles. The van der Waals surface area contributed by atoms with Crippen LogP contribution in [-0.4, -0.2) is 39.5 Å². The standard InChI is InChI=1S/CH2O2.AsH3O3/c2-1-3;2-1(3)4/h1H,(H,2,3);2-4H. The van der Waals surface area contributed by atoms with Crippen molar-refractivity contribution in [1.82, 2.24) is 0 Å². The molecular formula is CH5AsO5. The molecule has 0 amide bonds. The number of hydrogen-bond acceptors (Lipinski definition) is 4. The van der Waals surface area contributed by atoms with Gasteiger partial charge in [0.05, 0.1) is 0 Å². The zero-order valence-electron chi connectivity index (χ0n) is 3.22. The van der Waals surface area contributed by atoms with E-state index in [1.54, 1.807) is 0 Å². The predicted octanol–water partition coefficient (Wildman–Crippen LogP) is -2.35. The molecule has 0 bridgehead atoms. The summed E-state index contributed by atoms with van der Waals surface area (Å²) in [6, 6.07) is 0. The zero-order chi connectivity index (χ0) is 6.28. The molecule has 0 aromatic carbocycles. The normalized spacial score (nSPS) is 6.86. The molecule has 6 heteroatoms. The predicted molar refractivity (Wildman–Crippen MR) is 21.1 cm³/mol. The van der Waals surface area contributed by atoms with Crippen molar-refractivity contribution in [2.24, 2.45) is 0 Å². The maximum atomic E-state index is 8.36. The van der Waals surface area contributed by atoms with Crippen LogP contribution in [0.15, 0.2) is 0 Å². The fourth-order valence-electron chi connectivity index (χ4n) is 0. The Kier molecular flexibility index (Phi) is 13.3. The van der Waals surface area contributed by atoms with Gasteiger partial charge in [0.1, 0.15) is 0 Å². The quantitative estimate of drug-likeness (QED) is 0.242. The van der Waals surface area contributed by atoms with E-state index < -0.39 is 15.7 Å². The Labute approximate surface area is 45.2 Å². The third kappa shape index (κ3) is 10800. The molecule has 0 saturated heterocycles. The van der Waals surface area contributed by atoms with Crippen molar-refractivity contribution in [3.63, 3.8) is 0 Å². The summed E-state index contributed by atoms with van der Waals surface area (Å²) in [5.41, 5.74) is 0. The van der Waals surface area contributed by atoms with Crippen molar-refractivity contribution < 1.29 is 22.2 Å². The molecule has 0 spiro atoms. The second kappa shape index (κ2) is 9.32. The average molecular weight is 172 g/mol. The molecule has 0 radical (unpaired) electrons. The van der Waals surface area contributed by atoms with E-state index in [-0.39, 0.29) is 6.47 Å². The fraction of sp³-hybridized carbons (Fsp3) is 0. The monoisotopic (exact) mass is 172 g/mol. The van der Waals surface area contributed by atoms with Crippen LogP contribution in [0.4, 0.5) is 0 Å². The summed E-state index contributed by atoms with van der Waals surface area (Å²) in [6.45, 7) is -0.250. The first-order valence-corrected chi connectivity index (χ1v) is 3.61. The molecule has 0 fully saturated rings. The van der Waals surface area contributed by atoms with E-state index >= 15 is 0 Å². The summed E-state index contributed by atoms with van der Waals surface area (Å²) < 4.78 is 21.9. The van der Waals surface area contributed by atoms with Crippen molar-refractivity contribution in [2.75, 3.05) is 0 Å². The van der Waals surface area contributed by atoms with Crippen LogP contribution < -0.4 is 0 Å². The Hall–Kier alpha value is -0.0916. The SMILES string of the molecule is O=CO.O[As](O)O. The van der Waals surface area contributed by atoms with Gasteiger partial charge in [0.15, 0.2) is 0 Å². The van der Waals surface area contributed by atoms with Gasteiger partial charge in [-0.3, -0.25) is 4.79 Å². The van der Waals surface area contributed by atoms with E-state index in [2.05, 4.69) is 0 Å². The first kappa shape index (κ1) is 10.0. The van der Waals surface area contributed by atoms with Gasteiger partial charge in [0.25, 0.3) is 6.47 Å². The topological polar surface area (TPSA) is 98.0 Å². The molecule has 0 aliphatic rings. The molecule has 0 unspecified atom stereocenters. The summed E-state index contributed by atoms with van der Waals surface area (Å²) in [5, 5.41) is 6.89. The second-order valence-corrected chi connectivity index (χ2v) is 1.50. The van der Waals surface area contributed by atoms with Crippen LogP contribution >= 0.6 is 0 Å². The Morgan fingerprint density at radius 3 is 1.29 bits per heavy atom. The van der Waals surface area contributed by atoms with Gasteiger partial charge in [0.2, 0.25) is 0 Å². The summed E-state index contributed by atoms with van der Waals surface area (Å²) in [7, 11) is 0. The van der Waals surface area contributed by atoms with Crippen LogP contribution in [0.1, 0.15) is 0 Å². The molecule has 0 heterocycles. The molecule has 0 aliphatic heterocycles. The van der Waals surface area contributed by atoms with Gasteiger partial charge in [-0.15, -0.1) is 0 Å². The van der Waals surface area contributed by atoms with Crippen molar-refractivity contribution in [1.29, 1.82) is 0 Å². The second-order valence-electron chi connectivity index (χ2n) is 0.374. The van der Waals surface area contributed by atoms with Crippen LogP contribution in [0.3, 0.4) is 0 Å². The van der Waals surface area contributed by atoms with Gasteiger partial charge < -0.3 is 5.11 Å². The Morgan fingerprint density at radius 1 is 1.29 bits per heavy atom. The zero-order valence-corrected chi connectivity index (χ0v) is 5.10. The maximum absolute atomic E-state index is 8.36. The molecule has 5 nitrogen and oxygen atoms in total. The molecule has 0 aromatic rings. The fourth-order valence-corrected chi connectivity index (χ4v) is 0. The van der Waals surface area contributed by atoms with Crippen molar-refractivity contribution >= 4 is 22.1 Å². The van der Waals surface area contributed by atoms with Crippen LogP contribution in [-0.2, 0) is 4.79 Å². The third-order valence-corrected chi connectivity index (χ3v) is 0. The molecule has 7 heavy (non-hydrogen) atoms.